The van der Waals surface area contributed by atoms with Crippen LogP contribution in [0.15, 0.2) is 156 Å². The number of fused-ring (bicyclic) bond motifs is 9. The van der Waals surface area contributed by atoms with E-state index < -0.39 is 0 Å². The van der Waals surface area contributed by atoms with E-state index in [1.54, 1.807) is 0 Å². The van der Waals surface area contributed by atoms with Gasteiger partial charge in [0, 0.05) is 67.8 Å². The van der Waals surface area contributed by atoms with E-state index in [2.05, 4.69) is 168 Å². The van der Waals surface area contributed by atoms with Gasteiger partial charge in [-0.25, -0.2) is 0 Å². The molecular weight excluding hydrogens is 663 g/mol. The lowest BCUT2D eigenvalue weighted by Gasteiger charge is -2.39. The summed E-state index contributed by atoms with van der Waals surface area (Å²) in [6, 6.07) is 54.6. The smallest absolute Gasteiger partial charge is 0.143 e. The van der Waals surface area contributed by atoms with Crippen LogP contribution < -0.4 is 16.0 Å². The van der Waals surface area contributed by atoms with E-state index in [9.17, 15) is 0 Å². The molecule has 0 spiro atoms. The first-order chi connectivity index (χ1) is 25.3. The van der Waals surface area contributed by atoms with Gasteiger partial charge in [0.25, 0.3) is 0 Å². The molecule has 6 heteroatoms. The molecule has 1 aliphatic rings. The summed E-state index contributed by atoms with van der Waals surface area (Å²) in [6.07, 6.45) is -0.253. The molecule has 1 fully saturated rings. The van der Waals surface area contributed by atoms with Crippen LogP contribution in [0.4, 0.5) is 0 Å². The summed E-state index contributed by atoms with van der Waals surface area (Å²) in [5, 5.41) is 19.2. The lowest BCUT2D eigenvalue weighted by molar-refractivity contribution is 0.204. The largest absolute Gasteiger partial charge is 0.455 e. The number of thiophene rings is 2. The maximum absolute atomic E-state index is 6.71. The number of furan rings is 1. The van der Waals surface area contributed by atoms with Crippen LogP contribution in [0.5, 0.6) is 0 Å². The van der Waals surface area contributed by atoms with Gasteiger partial charge in [-0.3, -0.25) is 16.0 Å². The Kier molecular flexibility index (Phi) is 6.69. The van der Waals surface area contributed by atoms with Crippen molar-refractivity contribution in [2.75, 3.05) is 0 Å². The Morgan fingerprint density at radius 1 is 0.412 bits per heavy atom. The third-order valence-corrected chi connectivity index (χ3v) is 12.9. The minimum absolute atomic E-state index is 0.0581. The molecule has 7 aromatic carbocycles. The van der Waals surface area contributed by atoms with Gasteiger partial charge in [-0.15, -0.1) is 22.7 Å². The summed E-state index contributed by atoms with van der Waals surface area (Å²) in [4.78, 5) is 0. The average Bonchev–Trinajstić information content (AvgIpc) is 3.89. The first-order valence-electron chi connectivity index (χ1n) is 17.4. The third kappa shape index (κ3) is 4.69. The SMILES string of the molecule is c1ccc(C2NC(c3ccc4oc5c(-c6cccc7c6sc6ccccc67)cccc5c4c3)NC(c3cccc4c3sc3ccccc34)N2)cc1. The molecule has 4 nitrogen and oxygen atoms in total. The molecule has 0 radical (unpaired) electrons. The molecule has 10 aromatic rings. The van der Waals surface area contributed by atoms with Gasteiger partial charge >= 0.3 is 0 Å². The Bertz CT molecular complexity index is 2940. The zero-order valence-electron chi connectivity index (χ0n) is 27.4. The van der Waals surface area contributed by atoms with Gasteiger partial charge in [-0.05, 0) is 35.4 Å². The van der Waals surface area contributed by atoms with Crippen molar-refractivity contribution in [2.45, 2.75) is 18.5 Å². The van der Waals surface area contributed by atoms with Gasteiger partial charge in [-0.1, -0.05) is 127 Å². The Hall–Kier alpha value is -5.34. The number of nitrogens with one attached hydrogen (secondary N) is 3. The predicted octanol–water partition coefficient (Wildman–Crippen LogP) is 12.2. The first kappa shape index (κ1) is 29.4. The lowest BCUT2D eigenvalue weighted by atomic mass is 9.99. The van der Waals surface area contributed by atoms with E-state index >= 15 is 0 Å². The summed E-state index contributed by atoms with van der Waals surface area (Å²) < 4.78 is 11.9. The fourth-order valence-corrected chi connectivity index (χ4v) is 10.5. The minimum atomic E-state index is -0.115. The summed E-state index contributed by atoms with van der Waals surface area (Å²) in [7, 11) is 0. The summed E-state index contributed by atoms with van der Waals surface area (Å²) >= 11 is 3.72. The Morgan fingerprint density at radius 2 is 1.00 bits per heavy atom. The molecule has 51 heavy (non-hydrogen) atoms. The second-order valence-corrected chi connectivity index (χ2v) is 15.5. The van der Waals surface area contributed by atoms with E-state index in [-0.39, 0.29) is 18.5 Å². The topological polar surface area (TPSA) is 49.2 Å². The van der Waals surface area contributed by atoms with E-state index in [0.717, 1.165) is 33.1 Å². The zero-order valence-corrected chi connectivity index (χ0v) is 29.0. The van der Waals surface area contributed by atoms with E-state index in [1.165, 1.54) is 57.0 Å². The van der Waals surface area contributed by atoms with E-state index in [1.807, 2.05) is 22.7 Å². The number of hydrogen-bond donors (Lipinski definition) is 3. The van der Waals surface area contributed by atoms with Crippen LogP contribution in [0.1, 0.15) is 35.2 Å². The molecule has 3 N–H and O–H groups in total. The number of rotatable bonds is 4. The summed E-state index contributed by atoms with van der Waals surface area (Å²) in [5.41, 5.74) is 7.79. The van der Waals surface area contributed by atoms with Crippen molar-refractivity contribution in [3.05, 3.63) is 168 Å². The fraction of sp³-hybridized carbons (Fsp3) is 0.0667. The van der Waals surface area contributed by atoms with Gasteiger partial charge in [0.05, 0.1) is 18.5 Å². The fourth-order valence-electron chi connectivity index (χ4n) is 8.02. The maximum Gasteiger partial charge on any atom is 0.143 e. The second kappa shape index (κ2) is 11.6. The van der Waals surface area contributed by atoms with Crippen molar-refractivity contribution in [1.29, 1.82) is 0 Å². The number of hydrogen-bond acceptors (Lipinski definition) is 6. The minimum Gasteiger partial charge on any atom is -0.455 e. The normalized spacial score (nSPS) is 18.2. The molecule has 0 saturated carbocycles. The van der Waals surface area contributed by atoms with Crippen LogP contribution >= 0.6 is 22.7 Å². The van der Waals surface area contributed by atoms with Crippen LogP contribution in [-0.2, 0) is 0 Å². The van der Waals surface area contributed by atoms with Crippen molar-refractivity contribution in [3.8, 4) is 11.1 Å². The average molecular weight is 694 g/mol. The Labute approximate surface area is 302 Å². The van der Waals surface area contributed by atoms with Crippen molar-refractivity contribution >= 4 is 85.0 Å². The van der Waals surface area contributed by atoms with E-state index in [4.69, 9.17) is 4.42 Å². The van der Waals surface area contributed by atoms with Gasteiger partial charge in [0.1, 0.15) is 11.2 Å². The molecule has 0 aliphatic carbocycles. The standard InChI is InChI=1S/C45H31N3OS2/c1-2-11-26(12-3-1)43-46-44(48-45(47-43)35-20-10-18-33-29-14-5-7-22-39(29)51-42(33)35)27-23-24-37-36(25-27)31-16-8-15-30(40(31)49-37)34-19-9-17-32-28-13-4-6-21-38(28)50-41(32)34/h1-25,43-48H. The highest BCUT2D eigenvalue weighted by Gasteiger charge is 2.31. The van der Waals surface area contributed by atoms with Crippen LogP contribution in [0, 0.1) is 0 Å². The van der Waals surface area contributed by atoms with Gasteiger partial charge in [0.2, 0.25) is 0 Å². The van der Waals surface area contributed by atoms with Crippen LogP contribution in [0.3, 0.4) is 0 Å². The highest BCUT2D eigenvalue weighted by Crippen LogP contribution is 2.44. The van der Waals surface area contributed by atoms with Crippen LogP contribution in [0.2, 0.25) is 0 Å². The Balaban J connectivity index is 1.03. The molecule has 11 rings (SSSR count). The molecule has 1 aliphatic heterocycles. The monoisotopic (exact) mass is 693 g/mol. The highest BCUT2D eigenvalue weighted by atomic mass is 32.1. The molecule has 244 valence electrons. The molecule has 3 atom stereocenters. The van der Waals surface area contributed by atoms with Gasteiger partial charge in [0.15, 0.2) is 0 Å². The maximum atomic E-state index is 6.71. The van der Waals surface area contributed by atoms with Crippen molar-refractivity contribution in [2.24, 2.45) is 0 Å². The Morgan fingerprint density at radius 3 is 1.78 bits per heavy atom. The van der Waals surface area contributed by atoms with Gasteiger partial charge < -0.3 is 4.42 Å². The molecule has 0 amide bonds. The zero-order chi connectivity index (χ0) is 33.5. The van der Waals surface area contributed by atoms with Crippen molar-refractivity contribution < 1.29 is 4.42 Å². The quantitative estimate of drug-likeness (QED) is 0.172. The molecule has 0 bridgehead atoms. The second-order valence-electron chi connectivity index (χ2n) is 13.4. The first-order valence-corrected chi connectivity index (χ1v) is 19.0. The molecule has 3 unspecified atom stereocenters. The molecule has 3 aromatic heterocycles. The molecule has 4 heterocycles. The van der Waals surface area contributed by atoms with Crippen LogP contribution in [0.25, 0.3) is 73.4 Å². The number of para-hydroxylation sites is 1. The highest BCUT2D eigenvalue weighted by molar-refractivity contribution is 7.26. The summed E-state index contributed by atoms with van der Waals surface area (Å²) in [6.45, 7) is 0. The number of benzene rings is 7. The van der Waals surface area contributed by atoms with Crippen LogP contribution in [-0.4, -0.2) is 0 Å². The van der Waals surface area contributed by atoms with Crippen molar-refractivity contribution in [3.63, 3.8) is 0 Å². The summed E-state index contributed by atoms with van der Waals surface area (Å²) in [5.74, 6) is 0. The molecule has 1 saturated heterocycles. The predicted molar refractivity (Wildman–Crippen MR) is 215 cm³/mol. The van der Waals surface area contributed by atoms with E-state index in [0.29, 0.717) is 0 Å². The third-order valence-electron chi connectivity index (χ3n) is 10.4. The van der Waals surface area contributed by atoms with Gasteiger partial charge in [-0.2, -0.15) is 0 Å². The molecular formula is C45H31N3OS2. The lowest BCUT2D eigenvalue weighted by Crippen LogP contribution is -2.54. The van der Waals surface area contributed by atoms with Crippen molar-refractivity contribution in [1.82, 2.24) is 16.0 Å².